The van der Waals surface area contributed by atoms with Crippen molar-refractivity contribution in [3.63, 3.8) is 0 Å². The monoisotopic (exact) mass is 260 g/mol. The van der Waals surface area contributed by atoms with Crippen molar-refractivity contribution in [1.29, 1.82) is 0 Å². The number of rotatable bonds is 7. The normalized spacial score (nSPS) is 17.8. The van der Waals surface area contributed by atoms with Crippen LogP contribution in [0.5, 0.6) is 0 Å². The molecule has 2 rings (SSSR count). The number of hydrazine groups is 1. The van der Waals surface area contributed by atoms with Gasteiger partial charge < -0.3 is 0 Å². The van der Waals surface area contributed by atoms with Gasteiger partial charge in [-0.2, -0.15) is 0 Å². The Kier molecular flexibility index (Phi) is 5.87. The minimum atomic E-state index is 0.424. The van der Waals surface area contributed by atoms with E-state index >= 15 is 0 Å². The molecule has 19 heavy (non-hydrogen) atoms. The van der Waals surface area contributed by atoms with Gasteiger partial charge in [-0.05, 0) is 42.7 Å². The van der Waals surface area contributed by atoms with Crippen LogP contribution in [0, 0.1) is 5.92 Å². The molecule has 1 aromatic carbocycles. The molecule has 0 heterocycles. The molecule has 0 spiro atoms. The fourth-order valence-electron chi connectivity index (χ4n) is 3.18. The molecule has 0 amide bonds. The molecule has 1 unspecified atom stereocenters. The topological polar surface area (TPSA) is 38.0 Å². The van der Waals surface area contributed by atoms with Crippen LogP contribution in [0.3, 0.4) is 0 Å². The molecule has 0 saturated heterocycles. The maximum Gasteiger partial charge on any atom is 0.0251 e. The summed E-state index contributed by atoms with van der Waals surface area (Å²) in [7, 11) is 0. The van der Waals surface area contributed by atoms with E-state index in [1.165, 1.54) is 49.7 Å². The fourth-order valence-corrected chi connectivity index (χ4v) is 3.18. The zero-order valence-electron chi connectivity index (χ0n) is 12.2. The number of nitrogens with two attached hydrogens (primary N) is 1. The predicted octanol–water partition coefficient (Wildman–Crippen LogP) is 3.59. The Morgan fingerprint density at radius 2 is 1.79 bits per heavy atom. The summed E-state index contributed by atoms with van der Waals surface area (Å²) in [5.74, 6) is 6.67. The van der Waals surface area contributed by atoms with E-state index in [-0.39, 0.29) is 0 Å². The van der Waals surface area contributed by atoms with Crippen molar-refractivity contribution < 1.29 is 0 Å². The Hall–Kier alpha value is -0.860. The molecule has 0 aliphatic heterocycles. The van der Waals surface area contributed by atoms with Gasteiger partial charge in [0.15, 0.2) is 0 Å². The van der Waals surface area contributed by atoms with Crippen LogP contribution in [-0.4, -0.2) is 6.04 Å². The maximum absolute atomic E-state index is 5.71. The summed E-state index contributed by atoms with van der Waals surface area (Å²) < 4.78 is 0. The lowest BCUT2D eigenvalue weighted by atomic mass is 9.95. The van der Waals surface area contributed by atoms with Crippen molar-refractivity contribution in [2.45, 2.75) is 64.3 Å². The van der Waals surface area contributed by atoms with Crippen molar-refractivity contribution in [2.24, 2.45) is 11.8 Å². The highest BCUT2D eigenvalue weighted by Crippen LogP contribution is 2.29. The van der Waals surface area contributed by atoms with Crippen LogP contribution in [0.15, 0.2) is 24.3 Å². The summed E-state index contributed by atoms with van der Waals surface area (Å²) in [6.45, 7) is 2.20. The Morgan fingerprint density at radius 3 is 2.37 bits per heavy atom. The van der Waals surface area contributed by atoms with Gasteiger partial charge in [-0.1, -0.05) is 56.9 Å². The number of aryl methyl sites for hydroxylation is 1. The molecule has 3 N–H and O–H groups in total. The van der Waals surface area contributed by atoms with Gasteiger partial charge in [0.2, 0.25) is 0 Å². The van der Waals surface area contributed by atoms with Crippen LogP contribution in [0.1, 0.15) is 56.6 Å². The molecule has 106 valence electrons. The summed E-state index contributed by atoms with van der Waals surface area (Å²) in [4.78, 5) is 0. The summed E-state index contributed by atoms with van der Waals surface area (Å²) in [6, 6.07) is 9.39. The van der Waals surface area contributed by atoms with Crippen LogP contribution in [-0.2, 0) is 12.8 Å². The SMILES string of the molecule is CCc1ccc(CC(CCC2CCCC2)NN)cc1. The standard InChI is InChI=1S/C17H28N2/c1-2-14-7-9-16(10-8-14)13-17(19-18)12-11-15-5-3-4-6-15/h7-10,15,17,19H,2-6,11-13,18H2,1H3. The van der Waals surface area contributed by atoms with Crippen molar-refractivity contribution in [3.05, 3.63) is 35.4 Å². The van der Waals surface area contributed by atoms with E-state index in [9.17, 15) is 0 Å². The molecule has 1 fully saturated rings. The molecule has 1 aliphatic carbocycles. The molecule has 1 aliphatic rings. The molecule has 0 bridgehead atoms. The summed E-state index contributed by atoms with van der Waals surface area (Å²) in [5.41, 5.74) is 5.81. The molecule has 1 atom stereocenters. The first-order chi connectivity index (χ1) is 9.31. The Bertz CT molecular complexity index is 352. The van der Waals surface area contributed by atoms with E-state index in [2.05, 4.69) is 36.6 Å². The van der Waals surface area contributed by atoms with Crippen molar-refractivity contribution in [1.82, 2.24) is 5.43 Å². The summed E-state index contributed by atoms with van der Waals surface area (Å²) in [6.07, 6.45) is 10.4. The van der Waals surface area contributed by atoms with Crippen LogP contribution < -0.4 is 11.3 Å². The van der Waals surface area contributed by atoms with Crippen LogP contribution in [0.25, 0.3) is 0 Å². The Labute approximate surface area is 117 Å². The molecule has 0 radical (unpaired) electrons. The second kappa shape index (κ2) is 7.66. The van der Waals surface area contributed by atoms with Gasteiger partial charge in [0.1, 0.15) is 0 Å². The van der Waals surface area contributed by atoms with Crippen molar-refractivity contribution in [3.8, 4) is 0 Å². The largest absolute Gasteiger partial charge is 0.271 e. The third-order valence-electron chi connectivity index (χ3n) is 4.55. The lowest BCUT2D eigenvalue weighted by Gasteiger charge is -2.18. The van der Waals surface area contributed by atoms with E-state index in [1.54, 1.807) is 0 Å². The predicted molar refractivity (Wildman–Crippen MR) is 81.8 cm³/mol. The first-order valence-electron chi connectivity index (χ1n) is 7.85. The molecule has 2 nitrogen and oxygen atoms in total. The fraction of sp³-hybridized carbons (Fsp3) is 0.647. The van der Waals surface area contributed by atoms with Crippen molar-refractivity contribution in [2.75, 3.05) is 0 Å². The zero-order chi connectivity index (χ0) is 13.5. The third kappa shape index (κ3) is 4.63. The van der Waals surface area contributed by atoms with Gasteiger partial charge in [-0.3, -0.25) is 11.3 Å². The third-order valence-corrected chi connectivity index (χ3v) is 4.55. The average Bonchev–Trinajstić information content (AvgIpc) is 2.97. The van der Waals surface area contributed by atoms with E-state index < -0.39 is 0 Å². The molecular formula is C17H28N2. The summed E-state index contributed by atoms with van der Waals surface area (Å²) in [5, 5.41) is 0. The molecule has 1 aromatic rings. The van der Waals surface area contributed by atoms with Gasteiger partial charge in [0.05, 0.1) is 0 Å². The number of hydrogen-bond acceptors (Lipinski definition) is 2. The average molecular weight is 260 g/mol. The highest BCUT2D eigenvalue weighted by molar-refractivity contribution is 5.23. The number of nitrogens with one attached hydrogen (secondary N) is 1. The van der Waals surface area contributed by atoms with Gasteiger partial charge in [-0.25, -0.2) is 0 Å². The lowest BCUT2D eigenvalue weighted by molar-refractivity contribution is 0.407. The van der Waals surface area contributed by atoms with Crippen LogP contribution in [0.2, 0.25) is 0 Å². The minimum absolute atomic E-state index is 0.424. The van der Waals surface area contributed by atoms with Gasteiger partial charge in [-0.15, -0.1) is 0 Å². The smallest absolute Gasteiger partial charge is 0.0251 e. The van der Waals surface area contributed by atoms with Gasteiger partial charge in [0, 0.05) is 6.04 Å². The molecular weight excluding hydrogens is 232 g/mol. The van der Waals surface area contributed by atoms with Gasteiger partial charge >= 0.3 is 0 Å². The first-order valence-corrected chi connectivity index (χ1v) is 7.85. The highest BCUT2D eigenvalue weighted by Gasteiger charge is 2.17. The van der Waals surface area contributed by atoms with Crippen molar-refractivity contribution >= 4 is 0 Å². The van der Waals surface area contributed by atoms with Crippen LogP contribution in [0.4, 0.5) is 0 Å². The molecule has 1 saturated carbocycles. The van der Waals surface area contributed by atoms with Gasteiger partial charge in [0.25, 0.3) is 0 Å². The number of hydrogen-bond donors (Lipinski definition) is 2. The highest BCUT2D eigenvalue weighted by atomic mass is 15.2. The summed E-state index contributed by atoms with van der Waals surface area (Å²) >= 11 is 0. The van der Waals surface area contributed by atoms with E-state index in [1.807, 2.05) is 0 Å². The van der Waals surface area contributed by atoms with E-state index in [0.717, 1.165) is 18.8 Å². The number of benzene rings is 1. The minimum Gasteiger partial charge on any atom is -0.271 e. The second-order valence-electron chi connectivity index (χ2n) is 5.97. The van der Waals surface area contributed by atoms with Crippen LogP contribution >= 0.6 is 0 Å². The Balaban J connectivity index is 1.79. The van der Waals surface area contributed by atoms with E-state index in [0.29, 0.717) is 6.04 Å². The van der Waals surface area contributed by atoms with E-state index in [4.69, 9.17) is 5.84 Å². The molecule has 0 aromatic heterocycles. The zero-order valence-corrected chi connectivity index (χ0v) is 12.2. The molecule has 2 heteroatoms. The Morgan fingerprint density at radius 1 is 1.16 bits per heavy atom. The maximum atomic E-state index is 5.71. The quantitative estimate of drug-likeness (QED) is 0.581. The lowest BCUT2D eigenvalue weighted by Crippen LogP contribution is -2.37. The second-order valence-corrected chi connectivity index (χ2v) is 5.97. The first kappa shape index (κ1) is 14.5.